The molecule has 0 aromatic heterocycles. The molecule has 2 aliphatic rings. The van der Waals surface area contributed by atoms with E-state index in [0.717, 1.165) is 45.7 Å². The smallest absolute Gasteiger partial charge is 0.211 e. The van der Waals surface area contributed by atoms with Crippen molar-refractivity contribution in [3.8, 4) is 0 Å². The van der Waals surface area contributed by atoms with Gasteiger partial charge in [-0.25, -0.2) is 8.42 Å². The first kappa shape index (κ1) is 16.2. The summed E-state index contributed by atoms with van der Waals surface area (Å²) in [6.45, 7) is 7.56. The molecule has 2 fully saturated rings. The fourth-order valence-electron chi connectivity index (χ4n) is 3.02. The number of ether oxygens (including phenoxy) is 1. The van der Waals surface area contributed by atoms with E-state index in [1.807, 2.05) is 0 Å². The van der Waals surface area contributed by atoms with Crippen molar-refractivity contribution in [2.45, 2.75) is 31.8 Å². The van der Waals surface area contributed by atoms with Crippen LogP contribution in [-0.4, -0.2) is 81.9 Å². The molecule has 2 unspecified atom stereocenters. The van der Waals surface area contributed by atoms with E-state index >= 15 is 0 Å². The maximum Gasteiger partial charge on any atom is 0.211 e. The van der Waals surface area contributed by atoms with Crippen molar-refractivity contribution in [3.05, 3.63) is 0 Å². The van der Waals surface area contributed by atoms with Crippen LogP contribution >= 0.6 is 0 Å². The van der Waals surface area contributed by atoms with Crippen LogP contribution in [0.4, 0.5) is 0 Å². The lowest BCUT2D eigenvalue weighted by molar-refractivity contribution is -0.0128. The highest BCUT2D eigenvalue weighted by atomic mass is 32.2. The third-order valence-electron chi connectivity index (χ3n) is 4.19. The molecular weight excluding hydrogens is 278 g/mol. The molecule has 2 saturated heterocycles. The first-order valence-corrected chi connectivity index (χ1v) is 9.37. The molecule has 2 atom stereocenters. The molecule has 2 aliphatic heterocycles. The number of hydrogen-bond donors (Lipinski definition) is 1. The third-order valence-corrected chi connectivity index (χ3v) is 5.50. The van der Waals surface area contributed by atoms with Gasteiger partial charge in [0.15, 0.2) is 0 Å². The highest BCUT2D eigenvalue weighted by Crippen LogP contribution is 2.17. The van der Waals surface area contributed by atoms with E-state index in [-0.39, 0.29) is 0 Å². The molecule has 20 heavy (non-hydrogen) atoms. The van der Waals surface area contributed by atoms with Crippen molar-refractivity contribution >= 4 is 10.0 Å². The zero-order chi connectivity index (χ0) is 14.6. The summed E-state index contributed by atoms with van der Waals surface area (Å²) in [5.74, 6) is 0. The van der Waals surface area contributed by atoms with Crippen molar-refractivity contribution in [1.29, 1.82) is 0 Å². The predicted octanol–water partition coefficient (Wildman–Crippen LogP) is -0.279. The van der Waals surface area contributed by atoms with Gasteiger partial charge < -0.3 is 10.1 Å². The molecular formula is C13H27N3O3S. The second kappa shape index (κ2) is 7.17. The fourth-order valence-corrected chi connectivity index (χ4v) is 3.84. The summed E-state index contributed by atoms with van der Waals surface area (Å²) in [7, 11) is -3.05. The Bertz CT molecular complexity index is 394. The van der Waals surface area contributed by atoms with E-state index in [1.54, 1.807) is 4.31 Å². The van der Waals surface area contributed by atoms with Crippen molar-refractivity contribution in [1.82, 2.24) is 14.5 Å². The molecule has 0 saturated carbocycles. The van der Waals surface area contributed by atoms with Crippen LogP contribution in [-0.2, 0) is 14.8 Å². The molecule has 0 aliphatic carbocycles. The molecule has 2 rings (SSSR count). The minimum absolute atomic E-state index is 0.372. The van der Waals surface area contributed by atoms with Crippen LogP contribution in [0.15, 0.2) is 0 Å². The Labute approximate surface area is 122 Å². The van der Waals surface area contributed by atoms with Crippen LogP contribution in [0.5, 0.6) is 0 Å². The predicted molar refractivity (Wildman–Crippen MR) is 79.3 cm³/mol. The average molecular weight is 305 g/mol. The van der Waals surface area contributed by atoms with Gasteiger partial charge in [0, 0.05) is 44.9 Å². The van der Waals surface area contributed by atoms with Crippen molar-refractivity contribution in [3.63, 3.8) is 0 Å². The highest BCUT2D eigenvalue weighted by molar-refractivity contribution is 7.88. The molecule has 0 aromatic carbocycles. The van der Waals surface area contributed by atoms with Gasteiger partial charge in [-0.3, -0.25) is 4.90 Å². The zero-order valence-corrected chi connectivity index (χ0v) is 13.4. The Balaban J connectivity index is 1.90. The van der Waals surface area contributed by atoms with E-state index in [4.69, 9.17) is 4.74 Å². The quantitative estimate of drug-likeness (QED) is 0.757. The van der Waals surface area contributed by atoms with Gasteiger partial charge in [-0.05, 0) is 19.4 Å². The topological polar surface area (TPSA) is 61.9 Å². The summed E-state index contributed by atoms with van der Waals surface area (Å²) in [6, 6.07) is 0.838. The summed E-state index contributed by atoms with van der Waals surface area (Å²) >= 11 is 0. The highest BCUT2D eigenvalue weighted by Gasteiger charge is 2.33. The van der Waals surface area contributed by atoms with Crippen molar-refractivity contribution in [2.24, 2.45) is 0 Å². The van der Waals surface area contributed by atoms with Crippen LogP contribution in [0.3, 0.4) is 0 Å². The lowest BCUT2D eigenvalue weighted by Crippen LogP contribution is -2.60. The van der Waals surface area contributed by atoms with Gasteiger partial charge >= 0.3 is 0 Å². The molecule has 0 aromatic rings. The van der Waals surface area contributed by atoms with E-state index in [9.17, 15) is 8.42 Å². The number of nitrogens with zero attached hydrogens (tertiary/aromatic N) is 2. The van der Waals surface area contributed by atoms with E-state index in [2.05, 4.69) is 17.1 Å². The molecule has 1 N–H and O–H groups in total. The second-order valence-electron chi connectivity index (χ2n) is 5.69. The fraction of sp³-hybridized carbons (Fsp3) is 1.00. The lowest BCUT2D eigenvalue weighted by Gasteiger charge is -2.43. The van der Waals surface area contributed by atoms with E-state index in [1.165, 1.54) is 6.26 Å². The maximum absolute atomic E-state index is 11.5. The lowest BCUT2D eigenvalue weighted by atomic mass is 10.0. The Hall–Kier alpha value is -0.210. The van der Waals surface area contributed by atoms with Gasteiger partial charge in [0.05, 0.1) is 12.9 Å². The van der Waals surface area contributed by atoms with Crippen LogP contribution < -0.4 is 5.32 Å². The van der Waals surface area contributed by atoms with E-state index in [0.29, 0.717) is 25.2 Å². The summed E-state index contributed by atoms with van der Waals surface area (Å²) in [5.41, 5.74) is 0. The van der Waals surface area contributed by atoms with Gasteiger partial charge in [-0.2, -0.15) is 4.31 Å². The maximum atomic E-state index is 11.5. The molecule has 2 heterocycles. The molecule has 6 nitrogen and oxygen atoms in total. The number of rotatable bonds is 5. The molecule has 0 bridgehead atoms. The Morgan fingerprint density at radius 1 is 1.25 bits per heavy atom. The Morgan fingerprint density at radius 3 is 2.55 bits per heavy atom. The van der Waals surface area contributed by atoms with Crippen LogP contribution in [0.25, 0.3) is 0 Å². The first-order chi connectivity index (χ1) is 9.52. The van der Waals surface area contributed by atoms with Gasteiger partial charge in [0.2, 0.25) is 10.0 Å². The van der Waals surface area contributed by atoms with Crippen molar-refractivity contribution < 1.29 is 13.2 Å². The molecule has 0 radical (unpaired) electrons. The number of hydrogen-bond acceptors (Lipinski definition) is 5. The third kappa shape index (κ3) is 4.14. The van der Waals surface area contributed by atoms with Gasteiger partial charge in [-0.1, -0.05) is 6.92 Å². The summed E-state index contributed by atoms with van der Waals surface area (Å²) < 4.78 is 30.3. The molecule has 0 spiro atoms. The molecule has 118 valence electrons. The van der Waals surface area contributed by atoms with E-state index < -0.39 is 10.0 Å². The minimum atomic E-state index is -3.05. The summed E-state index contributed by atoms with van der Waals surface area (Å²) in [5, 5.41) is 3.61. The number of piperazine rings is 1. The second-order valence-corrected chi connectivity index (χ2v) is 7.67. The Morgan fingerprint density at radius 2 is 1.95 bits per heavy atom. The number of nitrogens with one attached hydrogen (secondary N) is 1. The normalized spacial score (nSPS) is 30.5. The van der Waals surface area contributed by atoms with Crippen LogP contribution in [0.2, 0.25) is 0 Å². The van der Waals surface area contributed by atoms with Gasteiger partial charge in [-0.15, -0.1) is 0 Å². The SMILES string of the molecule is CCCNC1CCOCC1N1CCN(S(C)(=O)=O)CC1. The Kier molecular flexibility index (Phi) is 5.80. The molecule has 0 amide bonds. The minimum Gasteiger partial charge on any atom is -0.380 e. The van der Waals surface area contributed by atoms with Gasteiger partial charge in [0.1, 0.15) is 0 Å². The standard InChI is InChI=1S/C13H27N3O3S/c1-3-5-14-12-4-10-19-11-13(12)15-6-8-16(9-7-15)20(2,17)18/h12-14H,3-11H2,1-2H3. The first-order valence-electron chi connectivity index (χ1n) is 7.52. The summed E-state index contributed by atoms with van der Waals surface area (Å²) in [6.07, 6.45) is 3.46. The average Bonchev–Trinajstić information content (AvgIpc) is 2.45. The van der Waals surface area contributed by atoms with Crippen LogP contribution in [0.1, 0.15) is 19.8 Å². The summed E-state index contributed by atoms with van der Waals surface area (Å²) in [4.78, 5) is 2.38. The zero-order valence-electron chi connectivity index (χ0n) is 12.5. The largest absolute Gasteiger partial charge is 0.380 e. The molecule has 7 heteroatoms. The van der Waals surface area contributed by atoms with Crippen molar-refractivity contribution in [2.75, 3.05) is 52.2 Å². The monoisotopic (exact) mass is 305 g/mol. The van der Waals surface area contributed by atoms with Gasteiger partial charge in [0.25, 0.3) is 0 Å². The number of sulfonamides is 1. The van der Waals surface area contributed by atoms with Crippen LogP contribution in [0, 0.1) is 0 Å².